The molecule has 0 radical (unpaired) electrons. The molecule has 0 saturated heterocycles. The molecule has 1 aliphatic rings. The zero-order valence-corrected chi connectivity index (χ0v) is 22.5. The summed E-state index contributed by atoms with van der Waals surface area (Å²) in [7, 11) is -9.60. The van der Waals surface area contributed by atoms with E-state index >= 15 is 8.78 Å². The van der Waals surface area contributed by atoms with Crippen molar-refractivity contribution in [3.05, 3.63) is 53.3 Å². The van der Waals surface area contributed by atoms with Gasteiger partial charge in [0, 0.05) is 6.04 Å². The molecule has 3 rings (SSSR count). The van der Waals surface area contributed by atoms with Crippen molar-refractivity contribution in [1.82, 2.24) is 0 Å². The molecule has 0 aromatic heterocycles. The fourth-order valence-electron chi connectivity index (χ4n) is 4.80. The Labute approximate surface area is 217 Å². The summed E-state index contributed by atoms with van der Waals surface area (Å²) in [5, 5.41) is 7.76. The number of halogens is 3. The van der Waals surface area contributed by atoms with Crippen molar-refractivity contribution in [2.75, 3.05) is 11.1 Å². The van der Waals surface area contributed by atoms with Crippen LogP contribution in [0.1, 0.15) is 76.2 Å². The molecule has 0 aliphatic heterocycles. The lowest BCUT2D eigenvalue weighted by Crippen LogP contribution is -2.27. The first-order valence-electron chi connectivity index (χ1n) is 12.8. The van der Waals surface area contributed by atoms with E-state index in [1.807, 2.05) is 0 Å². The van der Waals surface area contributed by atoms with E-state index in [0.29, 0.717) is 18.4 Å². The van der Waals surface area contributed by atoms with Crippen molar-refractivity contribution in [1.29, 1.82) is 0 Å². The van der Waals surface area contributed by atoms with Crippen molar-refractivity contribution in [2.45, 2.75) is 92.9 Å². The predicted molar refractivity (Wildman–Crippen MR) is 138 cm³/mol. The molecule has 0 amide bonds. The van der Waals surface area contributed by atoms with Crippen LogP contribution in [0.3, 0.4) is 0 Å². The molecule has 206 valence electrons. The number of nitrogens with one attached hydrogen (secondary N) is 1. The normalized spacial score (nSPS) is 17.1. The molecule has 0 heterocycles. The van der Waals surface area contributed by atoms with Crippen LogP contribution in [0.2, 0.25) is 0 Å². The average Bonchev–Trinajstić information content (AvgIpc) is 2.82. The molecule has 6 nitrogen and oxygen atoms in total. The molecule has 0 bridgehead atoms. The van der Waals surface area contributed by atoms with Crippen LogP contribution in [0.4, 0.5) is 18.9 Å². The van der Waals surface area contributed by atoms with Gasteiger partial charge in [-0.2, -0.15) is 0 Å². The molecule has 0 atom stereocenters. The van der Waals surface area contributed by atoms with Crippen LogP contribution in [0.25, 0.3) is 0 Å². The van der Waals surface area contributed by atoms with Gasteiger partial charge < -0.3 is 5.32 Å². The second-order valence-electron chi connectivity index (χ2n) is 9.68. The quantitative estimate of drug-likeness (QED) is 0.413. The van der Waals surface area contributed by atoms with E-state index in [9.17, 15) is 21.2 Å². The summed E-state index contributed by atoms with van der Waals surface area (Å²) in [5.74, 6) is -6.43. The number of aryl methyl sites for hydroxylation is 1. The molecule has 1 fully saturated rings. The Morgan fingerprint density at radius 1 is 0.730 bits per heavy atom. The lowest BCUT2D eigenvalue weighted by atomic mass is 9.97. The molecular weight excluding hydrogens is 525 g/mol. The highest BCUT2D eigenvalue weighted by Gasteiger charge is 2.36. The van der Waals surface area contributed by atoms with Crippen LogP contribution in [0.5, 0.6) is 0 Å². The van der Waals surface area contributed by atoms with Crippen LogP contribution in [0, 0.1) is 17.5 Å². The van der Waals surface area contributed by atoms with E-state index in [2.05, 4.69) is 5.32 Å². The highest BCUT2D eigenvalue weighted by molar-refractivity contribution is 7.91. The monoisotopic (exact) mass is 560 g/mol. The second kappa shape index (κ2) is 13.1. The van der Waals surface area contributed by atoms with Crippen LogP contribution < -0.4 is 10.5 Å². The Morgan fingerprint density at radius 3 is 1.73 bits per heavy atom. The summed E-state index contributed by atoms with van der Waals surface area (Å²) < 4.78 is 96.1. The molecule has 1 saturated carbocycles. The van der Waals surface area contributed by atoms with Gasteiger partial charge in [-0.15, -0.1) is 0 Å². The summed E-state index contributed by atoms with van der Waals surface area (Å²) in [6.07, 6.45) is 10.0. The highest BCUT2D eigenvalue weighted by atomic mass is 32.2. The topological polar surface area (TPSA) is 106 Å². The van der Waals surface area contributed by atoms with Gasteiger partial charge in [0.2, 0.25) is 10.0 Å². The smallest absolute Gasteiger partial charge is 0.244 e. The van der Waals surface area contributed by atoms with Gasteiger partial charge in [0.15, 0.2) is 32.2 Å². The lowest BCUT2D eigenvalue weighted by Gasteiger charge is -2.24. The zero-order chi connectivity index (χ0) is 27.1. The number of hydrogen-bond donors (Lipinski definition) is 2. The third-order valence-electron chi connectivity index (χ3n) is 6.79. The third kappa shape index (κ3) is 7.94. The second-order valence-corrected chi connectivity index (χ2v) is 13.2. The lowest BCUT2D eigenvalue weighted by molar-refractivity contribution is 0.437. The maximum Gasteiger partial charge on any atom is 0.244 e. The minimum Gasteiger partial charge on any atom is -0.379 e. The van der Waals surface area contributed by atoms with Crippen LogP contribution in [-0.2, 0) is 26.3 Å². The van der Waals surface area contributed by atoms with E-state index in [1.54, 1.807) is 30.3 Å². The van der Waals surface area contributed by atoms with Crippen LogP contribution in [0.15, 0.2) is 40.1 Å². The minimum atomic E-state index is -5.02. The Balaban J connectivity index is 2.03. The van der Waals surface area contributed by atoms with Gasteiger partial charge in [-0.1, -0.05) is 88.1 Å². The molecular formula is C26H35F3N2O4S2. The first kappa shape index (κ1) is 29.4. The van der Waals surface area contributed by atoms with E-state index in [-0.39, 0.29) is 6.42 Å². The largest absolute Gasteiger partial charge is 0.379 e. The summed E-state index contributed by atoms with van der Waals surface area (Å²) in [6, 6.07) is 8.08. The number of sulfonamides is 1. The van der Waals surface area contributed by atoms with Gasteiger partial charge in [0.25, 0.3) is 0 Å². The minimum absolute atomic E-state index is 0.0222. The number of nitrogens with two attached hydrogens (primary N) is 1. The van der Waals surface area contributed by atoms with Crippen molar-refractivity contribution >= 4 is 25.5 Å². The third-order valence-corrected chi connectivity index (χ3v) is 9.46. The number of primary sulfonamides is 1. The van der Waals surface area contributed by atoms with Crippen LogP contribution in [-0.4, -0.2) is 28.6 Å². The number of hydrogen-bond acceptors (Lipinski definition) is 5. The summed E-state index contributed by atoms with van der Waals surface area (Å²) in [6.45, 7) is 0. The number of benzene rings is 2. The van der Waals surface area contributed by atoms with Gasteiger partial charge in [-0.05, 0) is 24.8 Å². The standard InChI is InChI=1S/C26H35F3N2O4S2/c27-21-22(28)26(36(32,33)18-17-19-13-9-8-10-14-19)24(23(29)25(21)37(30,34)35)31-20-15-11-6-4-2-1-3-5-7-12-16-20/h8-10,13-14,20,31H,1-7,11-12,15-18H2,(H2,30,34,35). The SMILES string of the molecule is NS(=O)(=O)c1c(F)c(F)c(S(=O)(=O)CCc2ccccc2)c(NC2CCCCCCCCCCC2)c1F. The van der Waals surface area contributed by atoms with Gasteiger partial charge in [-0.3, -0.25) is 0 Å². The summed E-state index contributed by atoms with van der Waals surface area (Å²) in [5.41, 5.74) is -0.226. The molecule has 0 spiro atoms. The number of sulfone groups is 1. The fourth-order valence-corrected chi connectivity index (χ4v) is 7.02. The zero-order valence-electron chi connectivity index (χ0n) is 20.8. The molecule has 0 unspecified atom stereocenters. The summed E-state index contributed by atoms with van der Waals surface area (Å²) >= 11 is 0. The Morgan fingerprint density at radius 2 is 1.22 bits per heavy atom. The maximum absolute atomic E-state index is 15.6. The van der Waals surface area contributed by atoms with Gasteiger partial charge in [0.1, 0.15) is 4.90 Å². The van der Waals surface area contributed by atoms with E-state index in [0.717, 1.165) is 51.4 Å². The van der Waals surface area contributed by atoms with Gasteiger partial charge in [-0.25, -0.2) is 35.1 Å². The Hall–Kier alpha value is -2.11. The van der Waals surface area contributed by atoms with Gasteiger partial charge >= 0.3 is 0 Å². The van der Waals surface area contributed by atoms with Gasteiger partial charge in [0.05, 0.1) is 11.4 Å². The highest BCUT2D eigenvalue weighted by Crippen LogP contribution is 2.37. The molecule has 3 N–H and O–H groups in total. The van der Waals surface area contributed by atoms with Crippen molar-refractivity contribution < 1.29 is 30.0 Å². The van der Waals surface area contributed by atoms with E-state index in [4.69, 9.17) is 5.14 Å². The maximum atomic E-state index is 15.6. The Kier molecular flexibility index (Phi) is 10.4. The number of rotatable bonds is 7. The van der Waals surface area contributed by atoms with Crippen molar-refractivity contribution in [3.8, 4) is 0 Å². The molecule has 1 aliphatic carbocycles. The van der Waals surface area contributed by atoms with E-state index in [1.165, 1.54) is 6.42 Å². The number of anilines is 1. The van der Waals surface area contributed by atoms with E-state index < -0.39 is 64.6 Å². The first-order chi connectivity index (χ1) is 17.5. The molecule has 2 aromatic carbocycles. The fraction of sp³-hybridized carbons (Fsp3) is 0.538. The predicted octanol–water partition coefficient (Wildman–Crippen LogP) is 5.85. The first-order valence-corrected chi connectivity index (χ1v) is 16.0. The molecule has 2 aromatic rings. The van der Waals surface area contributed by atoms with Crippen molar-refractivity contribution in [3.63, 3.8) is 0 Å². The van der Waals surface area contributed by atoms with Crippen LogP contribution >= 0.6 is 0 Å². The molecule has 11 heteroatoms. The average molecular weight is 561 g/mol. The Bertz CT molecular complexity index is 1260. The molecule has 37 heavy (non-hydrogen) atoms. The summed E-state index contributed by atoms with van der Waals surface area (Å²) in [4.78, 5) is -2.88. The van der Waals surface area contributed by atoms with Crippen molar-refractivity contribution in [2.24, 2.45) is 5.14 Å².